The van der Waals surface area contributed by atoms with Crippen molar-refractivity contribution >= 4 is 5.97 Å². The van der Waals surface area contributed by atoms with Gasteiger partial charge < -0.3 is 9.90 Å². The van der Waals surface area contributed by atoms with Gasteiger partial charge in [0.25, 0.3) is 0 Å². The van der Waals surface area contributed by atoms with Crippen LogP contribution in [0.15, 0.2) is 18.3 Å². The highest BCUT2D eigenvalue weighted by Gasteiger charge is 2.22. The molecule has 14 heavy (non-hydrogen) atoms. The molecule has 74 valence electrons. The van der Waals surface area contributed by atoms with Crippen molar-refractivity contribution in [2.75, 3.05) is 0 Å². The maximum atomic E-state index is 10.5. The SMILES string of the molecule is O=C([O-])Cc1ncccc1C1CCC1. The van der Waals surface area contributed by atoms with Crippen LogP contribution in [0.25, 0.3) is 0 Å². The number of carboxylic acid groups (broad SMARTS) is 1. The molecule has 0 N–H and O–H groups in total. The highest BCUT2D eigenvalue weighted by molar-refractivity contribution is 5.67. The minimum Gasteiger partial charge on any atom is -0.550 e. The predicted octanol–water partition coefficient (Wildman–Crippen LogP) is 0.641. The van der Waals surface area contributed by atoms with E-state index in [0.717, 1.165) is 18.4 Å². The molecule has 1 aromatic heterocycles. The van der Waals surface area contributed by atoms with Gasteiger partial charge in [-0.1, -0.05) is 12.5 Å². The van der Waals surface area contributed by atoms with Crippen LogP contribution >= 0.6 is 0 Å². The third kappa shape index (κ3) is 1.76. The third-order valence-corrected chi connectivity index (χ3v) is 2.78. The Morgan fingerprint density at radius 2 is 2.36 bits per heavy atom. The Bertz CT molecular complexity index is 345. The average Bonchev–Trinajstić information content (AvgIpc) is 2.04. The summed E-state index contributed by atoms with van der Waals surface area (Å²) in [5.41, 5.74) is 1.78. The lowest BCUT2D eigenvalue weighted by atomic mass is 9.79. The molecule has 0 aliphatic heterocycles. The minimum atomic E-state index is -1.05. The summed E-state index contributed by atoms with van der Waals surface area (Å²) in [6.07, 6.45) is 5.13. The Kier molecular flexibility index (Phi) is 2.48. The van der Waals surface area contributed by atoms with Gasteiger partial charge in [0.2, 0.25) is 0 Å². The van der Waals surface area contributed by atoms with Gasteiger partial charge in [-0.2, -0.15) is 0 Å². The summed E-state index contributed by atoms with van der Waals surface area (Å²) >= 11 is 0. The number of rotatable bonds is 3. The van der Waals surface area contributed by atoms with Crippen LogP contribution in [0.1, 0.15) is 36.4 Å². The number of hydrogen-bond acceptors (Lipinski definition) is 3. The van der Waals surface area contributed by atoms with E-state index in [1.54, 1.807) is 6.20 Å². The van der Waals surface area contributed by atoms with E-state index in [9.17, 15) is 9.90 Å². The Morgan fingerprint density at radius 3 is 2.93 bits per heavy atom. The maximum absolute atomic E-state index is 10.5. The summed E-state index contributed by atoms with van der Waals surface area (Å²) in [6, 6.07) is 3.85. The van der Waals surface area contributed by atoms with Gasteiger partial charge in [0.15, 0.2) is 0 Å². The molecule has 1 fully saturated rings. The molecule has 2 rings (SSSR count). The van der Waals surface area contributed by atoms with Crippen molar-refractivity contribution in [3.05, 3.63) is 29.6 Å². The zero-order chi connectivity index (χ0) is 9.97. The number of aliphatic carboxylic acids is 1. The van der Waals surface area contributed by atoms with Gasteiger partial charge in [0, 0.05) is 24.3 Å². The molecule has 0 atom stereocenters. The molecule has 0 amide bonds. The van der Waals surface area contributed by atoms with Crippen molar-refractivity contribution in [2.24, 2.45) is 0 Å². The molecular formula is C11H12NO2-. The van der Waals surface area contributed by atoms with E-state index in [1.807, 2.05) is 12.1 Å². The zero-order valence-corrected chi connectivity index (χ0v) is 7.90. The van der Waals surface area contributed by atoms with Crippen molar-refractivity contribution in [2.45, 2.75) is 31.6 Å². The predicted molar refractivity (Wildman–Crippen MR) is 49.5 cm³/mol. The van der Waals surface area contributed by atoms with Crippen molar-refractivity contribution in [3.8, 4) is 0 Å². The minimum absolute atomic E-state index is 0.0628. The lowest BCUT2D eigenvalue weighted by Crippen LogP contribution is -2.26. The smallest absolute Gasteiger partial charge is 0.0494 e. The quantitative estimate of drug-likeness (QED) is 0.702. The van der Waals surface area contributed by atoms with Gasteiger partial charge in [0.05, 0.1) is 0 Å². The number of carbonyl (C=O) groups is 1. The van der Waals surface area contributed by atoms with E-state index in [4.69, 9.17) is 0 Å². The van der Waals surface area contributed by atoms with Crippen LogP contribution in [0.5, 0.6) is 0 Å². The van der Waals surface area contributed by atoms with Crippen LogP contribution in [-0.2, 0) is 11.2 Å². The molecule has 0 saturated heterocycles. The molecule has 1 aliphatic rings. The summed E-state index contributed by atoms with van der Waals surface area (Å²) in [6.45, 7) is 0. The molecule has 3 nitrogen and oxygen atoms in total. The van der Waals surface area contributed by atoms with Crippen LogP contribution in [0, 0.1) is 0 Å². The zero-order valence-electron chi connectivity index (χ0n) is 7.90. The Hall–Kier alpha value is -1.38. The molecule has 0 radical (unpaired) electrons. The normalized spacial score (nSPS) is 16.3. The largest absolute Gasteiger partial charge is 0.550 e. The second-order valence-corrected chi connectivity index (χ2v) is 3.72. The number of aromatic nitrogens is 1. The Balaban J connectivity index is 2.23. The molecule has 0 bridgehead atoms. The molecule has 1 saturated carbocycles. The van der Waals surface area contributed by atoms with Crippen molar-refractivity contribution in [3.63, 3.8) is 0 Å². The van der Waals surface area contributed by atoms with E-state index in [2.05, 4.69) is 4.98 Å². The second-order valence-electron chi connectivity index (χ2n) is 3.72. The summed E-state index contributed by atoms with van der Waals surface area (Å²) in [5, 5.41) is 10.5. The van der Waals surface area contributed by atoms with Crippen LogP contribution < -0.4 is 5.11 Å². The van der Waals surface area contributed by atoms with E-state index >= 15 is 0 Å². The lowest BCUT2D eigenvalue weighted by Gasteiger charge is -2.27. The first-order valence-corrected chi connectivity index (χ1v) is 4.91. The second kappa shape index (κ2) is 3.78. The molecule has 1 aliphatic carbocycles. The molecule has 1 aromatic rings. The van der Waals surface area contributed by atoms with Gasteiger partial charge >= 0.3 is 0 Å². The fraction of sp³-hybridized carbons (Fsp3) is 0.455. The van der Waals surface area contributed by atoms with Gasteiger partial charge in [-0.25, -0.2) is 0 Å². The first kappa shape index (κ1) is 9.19. The fourth-order valence-corrected chi connectivity index (χ4v) is 1.83. The number of pyridine rings is 1. The van der Waals surface area contributed by atoms with Crippen LogP contribution in [0.2, 0.25) is 0 Å². The first-order chi connectivity index (χ1) is 6.77. The topological polar surface area (TPSA) is 53.0 Å². The number of carbonyl (C=O) groups excluding carboxylic acids is 1. The number of nitrogens with zero attached hydrogens (tertiary/aromatic N) is 1. The van der Waals surface area contributed by atoms with Crippen molar-refractivity contribution in [1.29, 1.82) is 0 Å². The van der Waals surface area contributed by atoms with Crippen LogP contribution in [-0.4, -0.2) is 11.0 Å². The summed E-state index contributed by atoms with van der Waals surface area (Å²) in [5.74, 6) is -0.526. The monoisotopic (exact) mass is 190 g/mol. The third-order valence-electron chi connectivity index (χ3n) is 2.78. The van der Waals surface area contributed by atoms with Crippen molar-refractivity contribution < 1.29 is 9.90 Å². The van der Waals surface area contributed by atoms with Gasteiger partial charge in [-0.05, 0) is 30.4 Å². The van der Waals surface area contributed by atoms with Gasteiger partial charge in [-0.15, -0.1) is 0 Å². The fourth-order valence-electron chi connectivity index (χ4n) is 1.83. The summed E-state index contributed by atoms with van der Waals surface area (Å²) in [4.78, 5) is 14.6. The highest BCUT2D eigenvalue weighted by atomic mass is 16.4. The van der Waals surface area contributed by atoms with Crippen LogP contribution in [0.4, 0.5) is 0 Å². The van der Waals surface area contributed by atoms with E-state index < -0.39 is 5.97 Å². The molecule has 0 aromatic carbocycles. The standard InChI is InChI=1S/C11H13NO2/c13-11(14)7-10-9(5-2-6-12-10)8-3-1-4-8/h2,5-6,8H,1,3-4,7H2,(H,13,14)/p-1. The first-order valence-electron chi connectivity index (χ1n) is 4.91. The molecule has 3 heteroatoms. The Labute approximate surface area is 82.8 Å². The summed E-state index contributed by atoms with van der Waals surface area (Å²) < 4.78 is 0. The van der Waals surface area contributed by atoms with Crippen LogP contribution in [0.3, 0.4) is 0 Å². The average molecular weight is 190 g/mol. The summed E-state index contributed by atoms with van der Waals surface area (Å²) in [7, 11) is 0. The lowest BCUT2D eigenvalue weighted by molar-refractivity contribution is -0.304. The maximum Gasteiger partial charge on any atom is 0.0494 e. The molecular weight excluding hydrogens is 178 g/mol. The molecule has 1 heterocycles. The van der Waals surface area contributed by atoms with Crippen molar-refractivity contribution in [1.82, 2.24) is 4.98 Å². The van der Waals surface area contributed by atoms with E-state index in [1.165, 1.54) is 6.42 Å². The highest BCUT2D eigenvalue weighted by Crippen LogP contribution is 2.37. The van der Waals surface area contributed by atoms with Gasteiger partial charge in [0.1, 0.15) is 0 Å². The number of carboxylic acids is 1. The van der Waals surface area contributed by atoms with E-state index in [-0.39, 0.29) is 6.42 Å². The van der Waals surface area contributed by atoms with E-state index in [0.29, 0.717) is 11.6 Å². The molecule has 0 spiro atoms. The number of hydrogen-bond donors (Lipinski definition) is 0. The Morgan fingerprint density at radius 1 is 1.57 bits per heavy atom. The molecule has 0 unspecified atom stereocenters. The van der Waals surface area contributed by atoms with Gasteiger partial charge in [-0.3, -0.25) is 4.98 Å².